The fraction of sp³-hybridized carbons (Fsp3) is 0.167. The van der Waals surface area contributed by atoms with Crippen molar-refractivity contribution in [3.05, 3.63) is 71.3 Å². The van der Waals surface area contributed by atoms with Gasteiger partial charge in [-0.15, -0.1) is 0 Å². The third-order valence-corrected chi connectivity index (χ3v) is 6.96. The Labute approximate surface area is 177 Å². The monoisotopic (exact) mass is 412 g/mol. The highest BCUT2D eigenvalue weighted by atomic mass is 32.2. The maximum absolute atomic E-state index is 13.7. The van der Waals surface area contributed by atoms with E-state index in [0.717, 1.165) is 49.5 Å². The zero-order valence-electron chi connectivity index (χ0n) is 16.8. The predicted octanol–water partition coefficient (Wildman–Crippen LogP) is 4.67. The van der Waals surface area contributed by atoms with Crippen LogP contribution >= 0.6 is 11.8 Å². The first-order valence-electron chi connectivity index (χ1n) is 10.00. The van der Waals surface area contributed by atoms with Crippen LogP contribution in [0, 0.1) is 0 Å². The first-order chi connectivity index (χ1) is 14.6. The van der Waals surface area contributed by atoms with Crippen LogP contribution in [-0.2, 0) is 20.6 Å². The number of hydrogen-bond acceptors (Lipinski definition) is 3. The molecule has 0 unspecified atom stereocenters. The maximum atomic E-state index is 13.7. The van der Waals surface area contributed by atoms with Gasteiger partial charge in [0.1, 0.15) is 0 Å². The van der Waals surface area contributed by atoms with Crippen molar-refractivity contribution in [3.8, 4) is 22.4 Å². The molecular formula is C24H20N4OS. The van der Waals surface area contributed by atoms with Gasteiger partial charge >= 0.3 is 0 Å². The van der Waals surface area contributed by atoms with Crippen LogP contribution in [0.1, 0.15) is 0 Å². The van der Waals surface area contributed by atoms with E-state index < -0.39 is 0 Å². The van der Waals surface area contributed by atoms with Gasteiger partial charge in [-0.1, -0.05) is 48.2 Å². The van der Waals surface area contributed by atoms with Gasteiger partial charge in [0, 0.05) is 71.7 Å². The van der Waals surface area contributed by atoms with Crippen LogP contribution in [0.15, 0.2) is 70.9 Å². The third kappa shape index (κ3) is 2.37. The number of hydrogen-bond donors (Lipinski definition) is 0. The van der Waals surface area contributed by atoms with E-state index in [1.807, 2.05) is 42.9 Å². The molecule has 148 valence electrons. The second-order valence-corrected chi connectivity index (χ2v) is 8.83. The van der Waals surface area contributed by atoms with E-state index in [-0.39, 0.29) is 5.56 Å². The van der Waals surface area contributed by atoms with E-state index in [9.17, 15) is 4.79 Å². The standard InChI is InChI=1S/C24H20N4OS/c1-26-13-17(15-7-3-5-9-19(15)26)21-22(25-24-28(23(21)29)11-12-30-24)18-14-27(2)20-10-6-4-8-16(18)20/h3-10,13-14H,11-12H2,1-2H3. The van der Waals surface area contributed by atoms with Crippen LogP contribution in [0.25, 0.3) is 44.2 Å². The normalized spacial score (nSPS) is 13.4. The minimum atomic E-state index is 0.0456. The third-order valence-electron chi connectivity index (χ3n) is 6.00. The van der Waals surface area contributed by atoms with Crippen molar-refractivity contribution in [3.63, 3.8) is 0 Å². The van der Waals surface area contributed by atoms with E-state index in [4.69, 9.17) is 4.98 Å². The summed E-state index contributed by atoms with van der Waals surface area (Å²) in [5.41, 5.74) is 5.69. The lowest BCUT2D eigenvalue weighted by Crippen LogP contribution is -2.23. The molecule has 0 amide bonds. The first-order valence-corrected chi connectivity index (χ1v) is 11.0. The van der Waals surface area contributed by atoms with Crippen molar-refractivity contribution in [1.29, 1.82) is 0 Å². The van der Waals surface area contributed by atoms with Crippen molar-refractivity contribution < 1.29 is 0 Å². The van der Waals surface area contributed by atoms with Gasteiger partial charge in [-0.3, -0.25) is 9.36 Å². The van der Waals surface area contributed by atoms with Gasteiger partial charge in [0.25, 0.3) is 5.56 Å². The molecule has 0 fully saturated rings. The molecule has 6 heteroatoms. The molecule has 6 rings (SSSR count). The van der Waals surface area contributed by atoms with Gasteiger partial charge in [0.15, 0.2) is 5.16 Å². The number of fused-ring (bicyclic) bond motifs is 3. The molecule has 3 aromatic heterocycles. The zero-order valence-corrected chi connectivity index (χ0v) is 17.6. The topological polar surface area (TPSA) is 44.8 Å². The molecule has 0 spiro atoms. The summed E-state index contributed by atoms with van der Waals surface area (Å²) >= 11 is 1.66. The number of aromatic nitrogens is 4. The van der Waals surface area contributed by atoms with Crippen molar-refractivity contribution in [2.24, 2.45) is 14.1 Å². The van der Waals surface area contributed by atoms with E-state index in [0.29, 0.717) is 12.1 Å². The number of benzene rings is 2. The molecule has 4 heterocycles. The van der Waals surface area contributed by atoms with Crippen molar-refractivity contribution in [2.45, 2.75) is 11.7 Å². The van der Waals surface area contributed by atoms with Crippen LogP contribution in [0.4, 0.5) is 0 Å². The average Bonchev–Trinajstić information content (AvgIpc) is 3.45. The predicted molar refractivity (Wildman–Crippen MR) is 123 cm³/mol. The van der Waals surface area contributed by atoms with Gasteiger partial charge in [-0.2, -0.15) is 0 Å². The average molecular weight is 413 g/mol. The molecule has 0 radical (unpaired) electrons. The highest BCUT2D eigenvalue weighted by molar-refractivity contribution is 7.99. The minimum Gasteiger partial charge on any atom is -0.350 e. The lowest BCUT2D eigenvalue weighted by molar-refractivity contribution is 0.660. The molecule has 0 bridgehead atoms. The van der Waals surface area contributed by atoms with Crippen LogP contribution < -0.4 is 5.56 Å². The Kier molecular flexibility index (Phi) is 3.74. The summed E-state index contributed by atoms with van der Waals surface area (Å²) in [6, 6.07) is 16.5. The number of nitrogens with zero attached hydrogens (tertiary/aromatic N) is 4. The Hall–Kier alpha value is -3.25. The number of para-hydroxylation sites is 2. The Balaban J connectivity index is 1.76. The van der Waals surface area contributed by atoms with E-state index in [2.05, 4.69) is 45.8 Å². The largest absolute Gasteiger partial charge is 0.350 e. The Bertz CT molecular complexity index is 1520. The molecule has 0 N–H and O–H groups in total. The molecule has 0 saturated heterocycles. The SMILES string of the molecule is Cn1cc(-c2nc3n(c(=O)c2-c2cn(C)c4ccccc24)CCS3)c2ccccc21. The molecule has 1 aliphatic heterocycles. The second kappa shape index (κ2) is 6.37. The quantitative estimate of drug-likeness (QED) is 0.396. The van der Waals surface area contributed by atoms with Gasteiger partial charge in [0.2, 0.25) is 0 Å². The smallest absolute Gasteiger partial charge is 0.262 e. The summed E-state index contributed by atoms with van der Waals surface area (Å²) in [6.45, 7) is 0.708. The van der Waals surface area contributed by atoms with E-state index in [1.165, 1.54) is 0 Å². The van der Waals surface area contributed by atoms with Gasteiger partial charge in [-0.05, 0) is 12.1 Å². The van der Waals surface area contributed by atoms with Gasteiger partial charge in [0.05, 0.1) is 11.3 Å². The summed E-state index contributed by atoms with van der Waals surface area (Å²) in [6.07, 6.45) is 4.16. The molecule has 0 aliphatic carbocycles. The minimum absolute atomic E-state index is 0.0456. The highest BCUT2D eigenvalue weighted by Crippen LogP contribution is 2.39. The van der Waals surface area contributed by atoms with Crippen LogP contribution in [0.3, 0.4) is 0 Å². The Morgan fingerprint density at radius 2 is 1.47 bits per heavy atom. The van der Waals surface area contributed by atoms with Crippen LogP contribution in [0.5, 0.6) is 0 Å². The van der Waals surface area contributed by atoms with Gasteiger partial charge < -0.3 is 9.13 Å². The molecule has 0 saturated carbocycles. The van der Waals surface area contributed by atoms with Gasteiger partial charge in [-0.25, -0.2) is 4.98 Å². The molecule has 1 aliphatic rings. The first kappa shape index (κ1) is 17.6. The van der Waals surface area contributed by atoms with Crippen molar-refractivity contribution in [2.75, 3.05) is 5.75 Å². The Morgan fingerprint density at radius 3 is 2.17 bits per heavy atom. The summed E-state index contributed by atoms with van der Waals surface area (Å²) in [5.74, 6) is 0.885. The lowest BCUT2D eigenvalue weighted by atomic mass is 9.99. The lowest BCUT2D eigenvalue weighted by Gasteiger charge is -2.11. The molecule has 2 aromatic carbocycles. The van der Waals surface area contributed by atoms with Crippen molar-refractivity contribution >= 4 is 33.6 Å². The molecule has 0 atom stereocenters. The molecule has 30 heavy (non-hydrogen) atoms. The van der Waals surface area contributed by atoms with Crippen LogP contribution in [0.2, 0.25) is 0 Å². The van der Waals surface area contributed by atoms with Crippen LogP contribution in [-0.4, -0.2) is 24.4 Å². The summed E-state index contributed by atoms with van der Waals surface area (Å²) in [4.78, 5) is 18.8. The summed E-state index contributed by atoms with van der Waals surface area (Å²) in [7, 11) is 4.07. The highest BCUT2D eigenvalue weighted by Gasteiger charge is 2.26. The second-order valence-electron chi connectivity index (χ2n) is 7.76. The molecule has 5 nitrogen and oxygen atoms in total. The molecule has 5 aromatic rings. The number of rotatable bonds is 2. The van der Waals surface area contributed by atoms with E-state index >= 15 is 0 Å². The maximum Gasteiger partial charge on any atom is 0.262 e. The summed E-state index contributed by atoms with van der Waals surface area (Å²) in [5, 5.41) is 3.00. The Morgan fingerprint density at radius 1 is 0.867 bits per heavy atom. The number of thioether (sulfide) groups is 1. The fourth-order valence-electron chi connectivity index (χ4n) is 4.58. The molecular weight excluding hydrogens is 392 g/mol. The van der Waals surface area contributed by atoms with E-state index in [1.54, 1.807) is 11.8 Å². The summed E-state index contributed by atoms with van der Waals surface area (Å²) < 4.78 is 6.03. The fourth-order valence-corrected chi connectivity index (χ4v) is 5.52. The number of aryl methyl sites for hydroxylation is 2. The van der Waals surface area contributed by atoms with Crippen molar-refractivity contribution in [1.82, 2.24) is 18.7 Å². The zero-order chi connectivity index (χ0) is 20.4.